The van der Waals surface area contributed by atoms with E-state index in [9.17, 15) is 49.2 Å². The Bertz CT molecular complexity index is 1390. The molecule has 1 saturated carbocycles. The van der Waals surface area contributed by atoms with Gasteiger partial charge in [0.2, 0.25) is 0 Å². The summed E-state index contributed by atoms with van der Waals surface area (Å²) in [6, 6.07) is 0. The molecule has 0 amide bonds. The lowest BCUT2D eigenvalue weighted by Gasteiger charge is -2.61. The van der Waals surface area contributed by atoms with Crippen molar-refractivity contribution < 1.29 is 77.6 Å². The van der Waals surface area contributed by atoms with Gasteiger partial charge in [-0.2, -0.15) is 0 Å². The van der Waals surface area contributed by atoms with Crippen LogP contribution in [0.25, 0.3) is 0 Å². The standard InChI is InChI=1S/C33H46O16/c1-15(2)11-24(39)44-13-21-9-10-22(45-17(4)35)31(8)26(29(48-20(7)38)33(43)16(3)30(41)49-23(33)12-21)32(42,14-34)27(40)25(46-18(5)36)28(31)47-19(6)37/h9-10,12,15-16,22-23,25-29,34,40,42-43H,11,13-14H2,1-8H3/b10-9-,21-12+/t16-,22-,23-,25-,26+,27+,28-,29-,31+,32-,33-/m0/s1. The Labute approximate surface area is 283 Å². The van der Waals surface area contributed by atoms with E-state index in [4.69, 9.17) is 28.4 Å². The van der Waals surface area contributed by atoms with Crippen LogP contribution >= 0.6 is 0 Å². The summed E-state index contributed by atoms with van der Waals surface area (Å²) in [5.74, 6) is -9.09. The predicted molar refractivity (Wildman–Crippen MR) is 163 cm³/mol. The molecular formula is C33H46O16. The van der Waals surface area contributed by atoms with Crippen LogP contribution in [0.5, 0.6) is 0 Å². The molecule has 3 aliphatic rings. The summed E-state index contributed by atoms with van der Waals surface area (Å²) >= 11 is 0. The maximum atomic E-state index is 13.2. The molecule has 3 rings (SSSR count). The van der Waals surface area contributed by atoms with Crippen molar-refractivity contribution >= 4 is 35.8 Å². The molecule has 0 spiro atoms. The first kappa shape index (κ1) is 39.6. The summed E-state index contributed by atoms with van der Waals surface area (Å²) in [6.07, 6.45) is -7.68. The Kier molecular flexibility index (Phi) is 12.1. The number of carbonyl (C=O) groups is 6. The van der Waals surface area contributed by atoms with Gasteiger partial charge in [0.15, 0.2) is 23.9 Å². The fourth-order valence-electron chi connectivity index (χ4n) is 7.12. The van der Waals surface area contributed by atoms with E-state index < -0.39 is 114 Å². The van der Waals surface area contributed by atoms with E-state index >= 15 is 0 Å². The van der Waals surface area contributed by atoms with Crippen molar-refractivity contribution in [3.63, 3.8) is 0 Å². The highest BCUT2D eigenvalue weighted by Crippen LogP contribution is 2.58. The van der Waals surface area contributed by atoms with Gasteiger partial charge in [0.1, 0.15) is 30.5 Å². The molecule has 2 fully saturated rings. The van der Waals surface area contributed by atoms with Crippen molar-refractivity contribution in [2.24, 2.45) is 23.2 Å². The lowest BCUT2D eigenvalue weighted by molar-refractivity contribution is -0.320. The zero-order valence-corrected chi connectivity index (χ0v) is 28.7. The minimum Gasteiger partial charge on any atom is -0.461 e. The van der Waals surface area contributed by atoms with Crippen molar-refractivity contribution in [2.45, 2.75) is 110 Å². The normalized spacial score (nSPS) is 38.8. The van der Waals surface area contributed by atoms with Crippen LogP contribution in [0.4, 0.5) is 0 Å². The fraction of sp³-hybridized carbons (Fsp3) is 0.697. The number of ether oxygens (including phenoxy) is 6. The number of hydrogen-bond acceptors (Lipinski definition) is 16. The van der Waals surface area contributed by atoms with Gasteiger partial charge < -0.3 is 48.8 Å². The molecule has 1 saturated heterocycles. The first-order valence-electron chi connectivity index (χ1n) is 15.8. The molecular weight excluding hydrogens is 652 g/mol. The third-order valence-corrected chi connectivity index (χ3v) is 9.32. The molecule has 49 heavy (non-hydrogen) atoms. The molecule has 0 bridgehead atoms. The van der Waals surface area contributed by atoms with Crippen LogP contribution in [0, 0.1) is 23.2 Å². The van der Waals surface area contributed by atoms with Crippen LogP contribution < -0.4 is 0 Å². The molecule has 0 aromatic carbocycles. The Morgan fingerprint density at radius 3 is 1.98 bits per heavy atom. The lowest BCUT2D eigenvalue weighted by Crippen LogP contribution is -2.79. The number of hydrogen-bond donors (Lipinski definition) is 4. The molecule has 0 unspecified atom stereocenters. The van der Waals surface area contributed by atoms with Gasteiger partial charge in [0.25, 0.3) is 0 Å². The molecule has 274 valence electrons. The van der Waals surface area contributed by atoms with Gasteiger partial charge in [-0.3, -0.25) is 28.8 Å². The SMILES string of the molecule is CC(=O)O[C@H]1[C@@H](O)[C@](O)(CO)[C@@H]2[C@H](OC(C)=O)[C@@]3(O)[C@H](/C=C(COC(=O)CC(C)C)\C=C/[C@H](OC(C)=O)[C@@]2(C)[C@H]1OC(C)=O)OC(=O)[C@@H]3C. The third kappa shape index (κ3) is 7.66. The highest BCUT2D eigenvalue weighted by molar-refractivity contribution is 5.78. The maximum absolute atomic E-state index is 13.2. The summed E-state index contributed by atoms with van der Waals surface area (Å²) < 4.78 is 33.4. The topological polar surface area (TPSA) is 239 Å². The minimum atomic E-state index is -2.90. The fourth-order valence-corrected chi connectivity index (χ4v) is 7.12. The molecule has 16 nitrogen and oxygen atoms in total. The van der Waals surface area contributed by atoms with Gasteiger partial charge in [-0.25, -0.2) is 0 Å². The maximum Gasteiger partial charge on any atom is 0.312 e. The Morgan fingerprint density at radius 1 is 0.918 bits per heavy atom. The largest absolute Gasteiger partial charge is 0.461 e. The lowest BCUT2D eigenvalue weighted by atomic mass is 9.50. The smallest absolute Gasteiger partial charge is 0.312 e. The molecule has 1 aliphatic heterocycles. The van der Waals surface area contributed by atoms with Crippen LogP contribution in [-0.2, 0) is 57.2 Å². The Morgan fingerprint density at radius 2 is 1.47 bits per heavy atom. The van der Waals surface area contributed by atoms with Crippen LogP contribution in [0.3, 0.4) is 0 Å². The van der Waals surface area contributed by atoms with E-state index in [1.165, 1.54) is 32.1 Å². The molecule has 0 aromatic heterocycles. The molecule has 16 heteroatoms. The van der Waals surface area contributed by atoms with Gasteiger partial charge in [0.05, 0.1) is 17.9 Å². The van der Waals surface area contributed by atoms with Crippen molar-refractivity contribution in [3.8, 4) is 0 Å². The summed E-state index contributed by atoms with van der Waals surface area (Å²) in [7, 11) is 0. The number of fused-ring (bicyclic) bond motifs is 2. The van der Waals surface area contributed by atoms with Crippen molar-refractivity contribution in [3.05, 3.63) is 23.8 Å². The van der Waals surface area contributed by atoms with Crippen LogP contribution in [0.1, 0.15) is 61.8 Å². The van der Waals surface area contributed by atoms with Crippen molar-refractivity contribution in [1.29, 1.82) is 0 Å². The number of rotatable bonds is 9. The second kappa shape index (κ2) is 14.9. The van der Waals surface area contributed by atoms with Gasteiger partial charge in [-0.15, -0.1) is 0 Å². The van der Waals surface area contributed by atoms with E-state index in [-0.39, 0.29) is 17.9 Å². The average molecular weight is 699 g/mol. The second-order valence-corrected chi connectivity index (χ2v) is 13.4. The third-order valence-electron chi connectivity index (χ3n) is 9.32. The van der Waals surface area contributed by atoms with E-state index in [1.807, 2.05) is 0 Å². The molecule has 11 atom stereocenters. The zero-order chi connectivity index (χ0) is 37.2. The predicted octanol–water partition coefficient (Wildman–Crippen LogP) is -0.188. The van der Waals surface area contributed by atoms with Gasteiger partial charge in [-0.05, 0) is 30.6 Å². The summed E-state index contributed by atoms with van der Waals surface area (Å²) in [5.41, 5.74) is -7.60. The van der Waals surface area contributed by atoms with E-state index in [1.54, 1.807) is 13.8 Å². The number of esters is 6. The number of aliphatic hydroxyl groups excluding tert-OH is 2. The summed E-state index contributed by atoms with van der Waals surface area (Å²) in [6.45, 7) is 8.30. The first-order valence-corrected chi connectivity index (χ1v) is 15.8. The van der Waals surface area contributed by atoms with Crippen LogP contribution in [0.2, 0.25) is 0 Å². The van der Waals surface area contributed by atoms with Gasteiger partial charge in [-0.1, -0.05) is 26.8 Å². The Hall–Kier alpha value is -3.86. The van der Waals surface area contributed by atoms with E-state index in [0.717, 1.165) is 27.7 Å². The number of carbonyl (C=O) groups excluding carboxylic acids is 6. The number of aliphatic hydroxyl groups is 4. The molecule has 0 aromatic rings. The highest BCUT2D eigenvalue weighted by atomic mass is 16.6. The molecule has 1 heterocycles. The summed E-state index contributed by atoms with van der Waals surface area (Å²) in [4.78, 5) is 76.1. The second-order valence-electron chi connectivity index (χ2n) is 13.4. The van der Waals surface area contributed by atoms with Gasteiger partial charge >= 0.3 is 35.8 Å². The van der Waals surface area contributed by atoms with Crippen LogP contribution in [-0.4, -0.2) is 117 Å². The highest BCUT2D eigenvalue weighted by Gasteiger charge is 2.75. The molecule has 2 aliphatic carbocycles. The van der Waals surface area contributed by atoms with Crippen LogP contribution in [0.15, 0.2) is 23.8 Å². The van der Waals surface area contributed by atoms with Crippen molar-refractivity contribution in [1.82, 2.24) is 0 Å². The monoisotopic (exact) mass is 698 g/mol. The quantitative estimate of drug-likeness (QED) is 0.180. The molecule has 0 radical (unpaired) electrons. The van der Waals surface area contributed by atoms with E-state index in [0.29, 0.717) is 0 Å². The minimum absolute atomic E-state index is 0.0483. The Balaban J connectivity index is 2.51. The molecule has 4 N–H and O–H groups in total. The zero-order valence-electron chi connectivity index (χ0n) is 28.7. The first-order chi connectivity index (χ1) is 22.6. The average Bonchev–Trinajstić information content (AvgIpc) is 3.20. The van der Waals surface area contributed by atoms with Crippen molar-refractivity contribution in [2.75, 3.05) is 13.2 Å². The summed E-state index contributed by atoms with van der Waals surface area (Å²) in [5, 5.41) is 47.4. The van der Waals surface area contributed by atoms with E-state index in [2.05, 4.69) is 0 Å². The van der Waals surface area contributed by atoms with Gasteiger partial charge in [0, 0.05) is 40.0 Å².